The fourth-order valence-electron chi connectivity index (χ4n) is 6.31. The van der Waals surface area contributed by atoms with Crippen LogP contribution in [0.4, 0.5) is 5.69 Å². The van der Waals surface area contributed by atoms with E-state index in [0.717, 1.165) is 25.7 Å². The van der Waals surface area contributed by atoms with Gasteiger partial charge >= 0.3 is 0 Å². The van der Waals surface area contributed by atoms with Crippen molar-refractivity contribution in [3.63, 3.8) is 0 Å². The first-order valence-corrected chi connectivity index (χ1v) is 13.4. The van der Waals surface area contributed by atoms with Crippen LogP contribution in [0.1, 0.15) is 45.4 Å². The molecule has 8 nitrogen and oxygen atoms in total. The maximum absolute atomic E-state index is 13.9. The third kappa shape index (κ3) is 4.55. The maximum Gasteiger partial charge on any atom is 0.246 e. The lowest BCUT2D eigenvalue weighted by atomic mass is 9.74. The Kier molecular flexibility index (Phi) is 7.37. The first kappa shape index (κ1) is 25.2. The third-order valence-electron chi connectivity index (χ3n) is 7.86. The van der Waals surface area contributed by atoms with Gasteiger partial charge in [-0.1, -0.05) is 49.1 Å². The van der Waals surface area contributed by atoms with Gasteiger partial charge in [-0.15, -0.1) is 0 Å². The van der Waals surface area contributed by atoms with Gasteiger partial charge in [0.15, 0.2) is 0 Å². The number of hydrogen-bond donors (Lipinski definition) is 2. The fraction of sp³-hybridized carbons (Fsp3) is 0.593. The average Bonchev–Trinajstić information content (AvgIpc) is 3.50. The van der Waals surface area contributed by atoms with Crippen LogP contribution in [0.25, 0.3) is 0 Å². The van der Waals surface area contributed by atoms with Gasteiger partial charge in [0.1, 0.15) is 11.6 Å². The van der Waals surface area contributed by atoms with Gasteiger partial charge in [0, 0.05) is 36.5 Å². The van der Waals surface area contributed by atoms with Crippen molar-refractivity contribution >= 4 is 35.0 Å². The standard InChI is InChI=1S/C27H34ClN3O5/c1-2-35-15-7-14-31-23(25(33)29-18-9-4-3-5-10-18)27-13-12-20(36-27)21(22(27)26(31)34)24(32)30-19-11-6-8-17(28)16-19/h6,8,11-13,16,18,20-23H,2-5,7,9-10,14-15H2,1H3,(H,29,33)(H,30,32)/t20-,21+,22-,23+,27+/m1/s1. The predicted octanol–water partition coefficient (Wildman–Crippen LogP) is 3.30. The summed E-state index contributed by atoms with van der Waals surface area (Å²) in [6, 6.07) is 6.18. The summed E-state index contributed by atoms with van der Waals surface area (Å²) < 4.78 is 11.9. The van der Waals surface area contributed by atoms with Gasteiger partial charge in [-0.3, -0.25) is 14.4 Å². The summed E-state index contributed by atoms with van der Waals surface area (Å²) in [6.07, 6.45) is 8.95. The number of carbonyl (C=O) groups excluding carboxylic acids is 3. The second-order valence-electron chi connectivity index (χ2n) is 10.1. The Morgan fingerprint density at radius 3 is 2.78 bits per heavy atom. The lowest BCUT2D eigenvalue weighted by molar-refractivity contribution is -0.141. The first-order valence-electron chi connectivity index (χ1n) is 13.1. The van der Waals surface area contributed by atoms with Crippen molar-refractivity contribution in [1.82, 2.24) is 10.2 Å². The summed E-state index contributed by atoms with van der Waals surface area (Å²) in [5.74, 6) is -2.22. The van der Waals surface area contributed by atoms with E-state index in [9.17, 15) is 14.4 Å². The number of carbonyl (C=O) groups is 3. The van der Waals surface area contributed by atoms with Crippen molar-refractivity contribution in [2.24, 2.45) is 11.8 Å². The third-order valence-corrected chi connectivity index (χ3v) is 8.10. The minimum absolute atomic E-state index is 0.103. The topological polar surface area (TPSA) is 97.0 Å². The SMILES string of the molecule is CCOCCCN1C(=O)[C@H]2[C@@H](C(=O)Nc3cccc(Cl)c3)[C@H]3C=C[C@@]2(O3)[C@@H]1C(=O)NC1CCCCC1. The lowest BCUT2D eigenvalue weighted by Gasteiger charge is -2.34. The Bertz CT molecular complexity index is 1040. The van der Waals surface area contributed by atoms with Crippen LogP contribution in [0, 0.1) is 11.8 Å². The Morgan fingerprint density at radius 1 is 1.22 bits per heavy atom. The van der Waals surface area contributed by atoms with E-state index in [0.29, 0.717) is 36.9 Å². The van der Waals surface area contributed by atoms with Crippen LogP contribution >= 0.6 is 11.6 Å². The molecule has 194 valence electrons. The van der Waals surface area contributed by atoms with Crippen molar-refractivity contribution in [3.05, 3.63) is 41.4 Å². The summed E-state index contributed by atoms with van der Waals surface area (Å²) in [7, 11) is 0. The largest absolute Gasteiger partial charge is 0.382 e. The van der Waals surface area contributed by atoms with E-state index in [1.807, 2.05) is 19.1 Å². The molecule has 2 saturated heterocycles. The van der Waals surface area contributed by atoms with Crippen LogP contribution in [-0.4, -0.2) is 66.2 Å². The summed E-state index contributed by atoms with van der Waals surface area (Å²) in [5.41, 5.74) is -0.596. The van der Waals surface area contributed by atoms with Crippen LogP contribution in [-0.2, 0) is 23.9 Å². The number of anilines is 1. The van der Waals surface area contributed by atoms with Gasteiger partial charge in [0.05, 0.1) is 17.9 Å². The molecule has 36 heavy (non-hydrogen) atoms. The molecule has 9 heteroatoms. The Balaban J connectivity index is 1.40. The molecule has 3 fully saturated rings. The van der Waals surface area contributed by atoms with E-state index in [1.165, 1.54) is 6.42 Å². The average molecular weight is 516 g/mol. The van der Waals surface area contributed by atoms with Crippen molar-refractivity contribution < 1.29 is 23.9 Å². The smallest absolute Gasteiger partial charge is 0.246 e. The number of benzene rings is 1. The molecule has 1 aromatic rings. The molecule has 5 atom stereocenters. The zero-order chi connectivity index (χ0) is 25.3. The highest BCUT2D eigenvalue weighted by atomic mass is 35.5. The number of halogens is 1. The number of rotatable bonds is 9. The second kappa shape index (κ2) is 10.5. The Morgan fingerprint density at radius 2 is 2.03 bits per heavy atom. The molecule has 1 spiro atoms. The maximum atomic E-state index is 13.9. The molecule has 4 aliphatic rings. The summed E-state index contributed by atoms with van der Waals surface area (Å²) in [5, 5.41) is 6.60. The highest BCUT2D eigenvalue weighted by Gasteiger charge is 2.72. The van der Waals surface area contributed by atoms with E-state index in [1.54, 1.807) is 29.2 Å². The van der Waals surface area contributed by atoms with Crippen LogP contribution in [0.15, 0.2) is 36.4 Å². The molecule has 1 saturated carbocycles. The number of nitrogens with zero attached hydrogens (tertiary/aromatic N) is 1. The van der Waals surface area contributed by atoms with Gasteiger partial charge in [-0.25, -0.2) is 0 Å². The number of amides is 3. The quantitative estimate of drug-likeness (QED) is 0.388. The molecule has 0 unspecified atom stereocenters. The second-order valence-corrected chi connectivity index (χ2v) is 10.6. The molecule has 5 rings (SSSR count). The summed E-state index contributed by atoms with van der Waals surface area (Å²) in [6.45, 7) is 3.37. The van der Waals surface area contributed by atoms with Crippen molar-refractivity contribution in [3.8, 4) is 0 Å². The molecule has 1 aromatic carbocycles. The van der Waals surface area contributed by atoms with E-state index < -0.39 is 29.6 Å². The molecule has 3 heterocycles. The monoisotopic (exact) mass is 515 g/mol. The molecular formula is C27H34ClN3O5. The van der Waals surface area contributed by atoms with Crippen LogP contribution in [0.2, 0.25) is 5.02 Å². The normalized spacial score (nSPS) is 31.1. The van der Waals surface area contributed by atoms with Gasteiger partial charge in [-0.2, -0.15) is 0 Å². The molecule has 1 aliphatic carbocycles. The molecule has 0 aromatic heterocycles. The molecule has 3 aliphatic heterocycles. The highest BCUT2D eigenvalue weighted by Crippen LogP contribution is 2.55. The molecule has 3 amide bonds. The van der Waals surface area contributed by atoms with E-state index >= 15 is 0 Å². The first-order chi connectivity index (χ1) is 17.4. The molecular weight excluding hydrogens is 482 g/mol. The highest BCUT2D eigenvalue weighted by molar-refractivity contribution is 6.30. The van der Waals surface area contributed by atoms with Gasteiger partial charge in [0.25, 0.3) is 0 Å². The van der Waals surface area contributed by atoms with Gasteiger partial charge in [0.2, 0.25) is 17.7 Å². The van der Waals surface area contributed by atoms with Crippen molar-refractivity contribution in [2.45, 2.75) is 69.2 Å². The van der Waals surface area contributed by atoms with E-state index in [4.69, 9.17) is 21.1 Å². The van der Waals surface area contributed by atoms with E-state index in [-0.39, 0.29) is 23.8 Å². The minimum Gasteiger partial charge on any atom is -0.382 e. The van der Waals surface area contributed by atoms with E-state index in [2.05, 4.69) is 10.6 Å². The predicted molar refractivity (Wildman–Crippen MR) is 135 cm³/mol. The van der Waals surface area contributed by atoms with Crippen LogP contribution in [0.3, 0.4) is 0 Å². The van der Waals surface area contributed by atoms with Crippen molar-refractivity contribution in [1.29, 1.82) is 0 Å². The van der Waals surface area contributed by atoms with Gasteiger partial charge < -0.3 is 25.0 Å². The Hall–Kier alpha value is -2.42. The van der Waals surface area contributed by atoms with Crippen molar-refractivity contribution in [2.75, 3.05) is 25.1 Å². The molecule has 2 N–H and O–H groups in total. The number of fused-ring (bicyclic) bond motifs is 1. The molecule has 0 radical (unpaired) electrons. The fourth-order valence-corrected chi connectivity index (χ4v) is 6.50. The Labute approximate surface area is 216 Å². The van der Waals surface area contributed by atoms with Crippen LogP contribution < -0.4 is 10.6 Å². The number of ether oxygens (including phenoxy) is 2. The number of nitrogens with one attached hydrogen (secondary N) is 2. The zero-order valence-electron chi connectivity index (χ0n) is 20.6. The molecule has 2 bridgehead atoms. The van der Waals surface area contributed by atoms with Gasteiger partial charge in [-0.05, 0) is 44.4 Å². The minimum atomic E-state index is -1.15. The summed E-state index contributed by atoms with van der Waals surface area (Å²) >= 11 is 6.08. The summed E-state index contributed by atoms with van der Waals surface area (Å²) in [4.78, 5) is 42.6. The lowest BCUT2D eigenvalue weighted by Crippen LogP contribution is -2.56. The zero-order valence-corrected chi connectivity index (χ0v) is 21.3. The number of hydrogen-bond acceptors (Lipinski definition) is 5. The number of likely N-dealkylation sites (tertiary alicyclic amines) is 1. The van der Waals surface area contributed by atoms with Crippen LogP contribution in [0.5, 0.6) is 0 Å².